The molecule has 1 heterocycles. The van der Waals surface area contributed by atoms with Gasteiger partial charge in [-0.3, -0.25) is 9.59 Å². The molecule has 0 aliphatic rings. The number of carboxylic acid groups (broad SMARTS) is 1. The molecule has 17 heavy (non-hydrogen) atoms. The summed E-state index contributed by atoms with van der Waals surface area (Å²) in [5.74, 6) is -0.462. The number of aliphatic carboxylic acids is 1. The van der Waals surface area contributed by atoms with Crippen LogP contribution in [-0.2, 0) is 22.6 Å². The average molecular weight is 240 g/mol. The van der Waals surface area contributed by atoms with Gasteiger partial charge in [-0.15, -0.1) is 0 Å². The smallest absolute Gasteiger partial charge is 0.303 e. The Kier molecular flexibility index (Phi) is 4.84. The molecule has 0 saturated heterocycles. The number of H-pyrrole nitrogens is 1. The Bertz CT molecular complexity index is 453. The van der Waals surface area contributed by atoms with Gasteiger partial charge in [0, 0.05) is 24.3 Å². The van der Waals surface area contributed by atoms with Crippen LogP contribution in [0.25, 0.3) is 0 Å². The third-order valence-corrected chi connectivity index (χ3v) is 2.30. The van der Waals surface area contributed by atoms with Crippen LogP contribution in [-0.4, -0.2) is 27.7 Å². The van der Waals surface area contributed by atoms with Crippen LogP contribution in [0.1, 0.15) is 30.4 Å². The molecular formula is C11H16N2O4. The molecule has 0 spiro atoms. The Morgan fingerprint density at radius 3 is 2.76 bits per heavy atom. The van der Waals surface area contributed by atoms with Crippen molar-refractivity contribution in [3.63, 3.8) is 0 Å². The molecule has 1 rings (SSSR count). The number of carbonyl (C=O) groups is 1. The van der Waals surface area contributed by atoms with Crippen LogP contribution < -0.4 is 5.56 Å². The van der Waals surface area contributed by atoms with E-state index < -0.39 is 5.97 Å². The van der Waals surface area contributed by atoms with E-state index in [2.05, 4.69) is 9.97 Å². The van der Waals surface area contributed by atoms with Crippen molar-refractivity contribution in [2.24, 2.45) is 0 Å². The Balaban J connectivity index is 2.86. The molecular weight excluding hydrogens is 224 g/mol. The molecule has 1 aromatic heterocycles. The molecule has 1 aromatic rings. The number of hydrogen-bond acceptors (Lipinski definition) is 4. The van der Waals surface area contributed by atoms with Crippen LogP contribution in [0.5, 0.6) is 0 Å². The van der Waals surface area contributed by atoms with E-state index in [9.17, 15) is 9.59 Å². The normalized spacial score (nSPS) is 10.5. The molecule has 0 aliphatic heterocycles. The van der Waals surface area contributed by atoms with E-state index in [-0.39, 0.29) is 25.0 Å². The summed E-state index contributed by atoms with van der Waals surface area (Å²) in [6.07, 6.45) is 0.120. The largest absolute Gasteiger partial charge is 0.481 e. The molecule has 0 saturated carbocycles. The van der Waals surface area contributed by atoms with Gasteiger partial charge in [0.15, 0.2) is 0 Å². The van der Waals surface area contributed by atoms with E-state index >= 15 is 0 Å². The first-order chi connectivity index (χ1) is 8.04. The van der Waals surface area contributed by atoms with E-state index in [0.717, 1.165) is 0 Å². The summed E-state index contributed by atoms with van der Waals surface area (Å²) in [4.78, 5) is 28.9. The van der Waals surface area contributed by atoms with Gasteiger partial charge in [-0.2, -0.15) is 0 Å². The third kappa shape index (κ3) is 3.99. The molecule has 0 fully saturated rings. The minimum atomic E-state index is -0.929. The second-order valence-electron chi connectivity index (χ2n) is 3.61. The predicted octanol–water partition coefficient (Wildman–Crippen LogP) is 0.632. The van der Waals surface area contributed by atoms with Gasteiger partial charge in [0.1, 0.15) is 12.4 Å². The van der Waals surface area contributed by atoms with Gasteiger partial charge in [0.2, 0.25) is 0 Å². The van der Waals surface area contributed by atoms with Crippen LogP contribution in [0.4, 0.5) is 0 Å². The summed E-state index contributed by atoms with van der Waals surface area (Å²) < 4.78 is 5.14. The van der Waals surface area contributed by atoms with Crippen molar-refractivity contribution in [1.82, 2.24) is 9.97 Å². The lowest BCUT2D eigenvalue weighted by molar-refractivity contribution is -0.136. The molecule has 6 heteroatoms. The maximum absolute atomic E-state index is 11.7. The van der Waals surface area contributed by atoms with Gasteiger partial charge in [-0.25, -0.2) is 4.98 Å². The minimum Gasteiger partial charge on any atom is -0.481 e. The zero-order chi connectivity index (χ0) is 12.8. The number of aryl methyl sites for hydroxylation is 1. The van der Waals surface area contributed by atoms with Crippen molar-refractivity contribution >= 4 is 5.97 Å². The topological polar surface area (TPSA) is 92.3 Å². The SMILES string of the molecule is CCOCc1nc(C)c(CCC(=O)O)c(=O)[nH]1. The van der Waals surface area contributed by atoms with Gasteiger partial charge in [0.25, 0.3) is 5.56 Å². The van der Waals surface area contributed by atoms with Crippen molar-refractivity contribution in [3.05, 3.63) is 27.4 Å². The summed E-state index contributed by atoms with van der Waals surface area (Å²) in [6.45, 7) is 4.35. The molecule has 0 radical (unpaired) electrons. The summed E-state index contributed by atoms with van der Waals surface area (Å²) >= 11 is 0. The fourth-order valence-corrected chi connectivity index (χ4v) is 1.46. The highest BCUT2D eigenvalue weighted by Gasteiger charge is 2.09. The molecule has 0 unspecified atom stereocenters. The fraction of sp³-hybridized carbons (Fsp3) is 0.545. The zero-order valence-electron chi connectivity index (χ0n) is 9.95. The van der Waals surface area contributed by atoms with Crippen LogP contribution in [0.2, 0.25) is 0 Å². The minimum absolute atomic E-state index is 0.0730. The van der Waals surface area contributed by atoms with Gasteiger partial charge in [-0.05, 0) is 20.3 Å². The fourth-order valence-electron chi connectivity index (χ4n) is 1.46. The summed E-state index contributed by atoms with van der Waals surface area (Å²) in [7, 11) is 0. The Hall–Kier alpha value is -1.69. The third-order valence-electron chi connectivity index (χ3n) is 2.30. The van der Waals surface area contributed by atoms with Gasteiger partial charge < -0.3 is 14.8 Å². The maximum atomic E-state index is 11.7. The molecule has 6 nitrogen and oxygen atoms in total. The lowest BCUT2D eigenvalue weighted by Gasteiger charge is -2.06. The number of rotatable bonds is 6. The van der Waals surface area contributed by atoms with Gasteiger partial charge in [0.05, 0.1) is 0 Å². The average Bonchev–Trinajstić information content (AvgIpc) is 2.24. The number of hydrogen-bond donors (Lipinski definition) is 2. The number of aromatic nitrogens is 2. The van der Waals surface area contributed by atoms with E-state index in [1.165, 1.54) is 0 Å². The zero-order valence-corrected chi connectivity index (χ0v) is 9.95. The molecule has 94 valence electrons. The Labute approximate surface area is 98.7 Å². The van der Waals surface area contributed by atoms with Crippen molar-refractivity contribution in [2.45, 2.75) is 33.3 Å². The second kappa shape index (κ2) is 6.15. The molecule has 2 N–H and O–H groups in total. The summed E-state index contributed by atoms with van der Waals surface area (Å²) in [5, 5.41) is 8.57. The quantitative estimate of drug-likeness (QED) is 0.760. The lowest BCUT2D eigenvalue weighted by atomic mass is 10.1. The number of nitrogens with one attached hydrogen (secondary N) is 1. The highest BCUT2D eigenvalue weighted by molar-refractivity contribution is 5.67. The summed E-state index contributed by atoms with van der Waals surface area (Å²) in [5.41, 5.74) is 0.700. The van der Waals surface area contributed by atoms with E-state index in [1.807, 2.05) is 6.92 Å². The van der Waals surface area contributed by atoms with E-state index in [1.54, 1.807) is 6.92 Å². The highest BCUT2D eigenvalue weighted by Crippen LogP contribution is 2.03. The molecule has 0 bridgehead atoms. The first-order valence-electron chi connectivity index (χ1n) is 5.42. The predicted molar refractivity (Wildman–Crippen MR) is 60.9 cm³/mol. The van der Waals surface area contributed by atoms with Crippen molar-refractivity contribution in [2.75, 3.05) is 6.61 Å². The van der Waals surface area contributed by atoms with Crippen LogP contribution >= 0.6 is 0 Å². The first kappa shape index (κ1) is 13.4. The molecule has 0 atom stereocenters. The Morgan fingerprint density at radius 1 is 1.53 bits per heavy atom. The van der Waals surface area contributed by atoms with Crippen LogP contribution in [0, 0.1) is 6.92 Å². The Morgan fingerprint density at radius 2 is 2.24 bits per heavy atom. The lowest BCUT2D eigenvalue weighted by Crippen LogP contribution is -2.20. The van der Waals surface area contributed by atoms with Crippen molar-refractivity contribution in [1.29, 1.82) is 0 Å². The van der Waals surface area contributed by atoms with E-state index in [4.69, 9.17) is 9.84 Å². The number of carboxylic acids is 1. The molecule has 0 aromatic carbocycles. The summed E-state index contributed by atoms with van der Waals surface area (Å²) in [6, 6.07) is 0. The number of ether oxygens (including phenoxy) is 1. The van der Waals surface area contributed by atoms with Crippen molar-refractivity contribution < 1.29 is 14.6 Å². The second-order valence-corrected chi connectivity index (χ2v) is 3.61. The molecule has 0 aliphatic carbocycles. The van der Waals surface area contributed by atoms with E-state index in [0.29, 0.717) is 23.7 Å². The van der Waals surface area contributed by atoms with Gasteiger partial charge in [-0.1, -0.05) is 0 Å². The first-order valence-corrected chi connectivity index (χ1v) is 5.42. The van der Waals surface area contributed by atoms with Gasteiger partial charge >= 0.3 is 5.97 Å². The van der Waals surface area contributed by atoms with Crippen LogP contribution in [0.15, 0.2) is 4.79 Å². The van der Waals surface area contributed by atoms with Crippen LogP contribution in [0.3, 0.4) is 0 Å². The van der Waals surface area contributed by atoms with Crippen molar-refractivity contribution in [3.8, 4) is 0 Å². The molecule has 0 amide bonds. The monoisotopic (exact) mass is 240 g/mol. The highest BCUT2D eigenvalue weighted by atomic mass is 16.5. The number of aromatic amines is 1. The standard InChI is InChI=1S/C11H16N2O4/c1-3-17-6-9-12-7(2)8(11(16)13-9)4-5-10(14)15/h3-6H2,1-2H3,(H,14,15)(H,12,13,16). The number of nitrogens with zero attached hydrogens (tertiary/aromatic N) is 1. The maximum Gasteiger partial charge on any atom is 0.303 e.